The first-order valence-electron chi connectivity index (χ1n) is 4.43. The Morgan fingerprint density at radius 1 is 1.20 bits per heavy atom. The molecule has 0 N–H and O–H groups in total. The molecule has 1 heterocycles. The van der Waals surface area contributed by atoms with E-state index >= 15 is 0 Å². The molecule has 2 aromatic rings. The third kappa shape index (κ3) is 1.59. The molecule has 0 atom stereocenters. The minimum absolute atomic E-state index is 0.549. The molecule has 0 spiro atoms. The molecular weight excluding hydrogens is 214 g/mol. The van der Waals surface area contributed by atoms with Crippen LogP contribution in [0.15, 0.2) is 24.4 Å². The Labute approximate surface area is 92.6 Å². The van der Waals surface area contributed by atoms with Crippen LogP contribution in [0.4, 0.5) is 0 Å². The summed E-state index contributed by atoms with van der Waals surface area (Å²) in [6.07, 6.45) is 1.56. The molecule has 0 saturated carbocycles. The van der Waals surface area contributed by atoms with Crippen molar-refractivity contribution in [3.8, 4) is 11.6 Å². The van der Waals surface area contributed by atoms with Gasteiger partial charge in [-0.25, -0.2) is 4.98 Å². The maximum Gasteiger partial charge on any atom is 0.221 e. The van der Waals surface area contributed by atoms with Crippen LogP contribution < -0.4 is 9.47 Å². The van der Waals surface area contributed by atoms with Gasteiger partial charge in [-0.3, -0.25) is 0 Å². The lowest BCUT2D eigenvalue weighted by Crippen LogP contribution is -1.91. The van der Waals surface area contributed by atoms with Crippen LogP contribution in [0.1, 0.15) is 0 Å². The first-order valence-corrected chi connectivity index (χ1v) is 4.81. The molecule has 2 rings (SSSR count). The summed E-state index contributed by atoms with van der Waals surface area (Å²) in [4.78, 5) is 4.09. The van der Waals surface area contributed by atoms with Crippen molar-refractivity contribution < 1.29 is 9.47 Å². The van der Waals surface area contributed by atoms with Gasteiger partial charge in [-0.15, -0.1) is 0 Å². The number of nitrogens with zero attached hydrogens (tertiary/aromatic N) is 1. The second kappa shape index (κ2) is 3.95. The van der Waals surface area contributed by atoms with Gasteiger partial charge in [0.05, 0.1) is 25.4 Å². The molecule has 0 saturated heterocycles. The van der Waals surface area contributed by atoms with E-state index in [1.807, 2.05) is 18.2 Å². The molecule has 78 valence electrons. The number of methoxy groups -OCH3 is 2. The normalized spacial score (nSPS) is 10.3. The van der Waals surface area contributed by atoms with Crippen LogP contribution in [0, 0.1) is 0 Å². The third-order valence-corrected chi connectivity index (χ3v) is 2.49. The highest BCUT2D eigenvalue weighted by atomic mass is 35.5. The Kier molecular flexibility index (Phi) is 2.64. The van der Waals surface area contributed by atoms with Crippen molar-refractivity contribution in [1.29, 1.82) is 0 Å². The molecule has 15 heavy (non-hydrogen) atoms. The lowest BCUT2D eigenvalue weighted by Gasteiger charge is -2.09. The second-order valence-electron chi connectivity index (χ2n) is 3.00. The first-order chi connectivity index (χ1) is 7.27. The second-order valence-corrected chi connectivity index (χ2v) is 3.41. The number of pyridine rings is 1. The molecule has 4 heteroatoms. The van der Waals surface area contributed by atoms with Gasteiger partial charge < -0.3 is 9.47 Å². The fraction of sp³-hybridized carbons (Fsp3) is 0.182. The molecule has 0 aliphatic rings. The van der Waals surface area contributed by atoms with E-state index in [2.05, 4.69) is 4.98 Å². The summed E-state index contributed by atoms with van der Waals surface area (Å²) >= 11 is 6.07. The minimum atomic E-state index is 0.549. The van der Waals surface area contributed by atoms with E-state index in [0.29, 0.717) is 10.9 Å². The van der Waals surface area contributed by atoms with Gasteiger partial charge in [0.1, 0.15) is 5.75 Å². The van der Waals surface area contributed by atoms with Gasteiger partial charge >= 0.3 is 0 Å². The van der Waals surface area contributed by atoms with Crippen molar-refractivity contribution in [2.45, 2.75) is 0 Å². The number of fused-ring (bicyclic) bond motifs is 1. The maximum absolute atomic E-state index is 6.07. The molecule has 0 aliphatic carbocycles. The standard InChI is InChI=1S/C11H10ClNO2/c1-14-9-5-3-4-7-10(9)8(12)6-13-11(7)15-2/h3-6H,1-2H3. The van der Waals surface area contributed by atoms with Crippen molar-refractivity contribution in [2.75, 3.05) is 14.2 Å². The van der Waals surface area contributed by atoms with Gasteiger partial charge in [0.2, 0.25) is 5.88 Å². The smallest absolute Gasteiger partial charge is 0.221 e. The predicted octanol–water partition coefficient (Wildman–Crippen LogP) is 2.91. The number of aromatic nitrogens is 1. The van der Waals surface area contributed by atoms with Crippen LogP contribution in [-0.2, 0) is 0 Å². The zero-order valence-corrected chi connectivity index (χ0v) is 9.21. The Hall–Kier alpha value is -1.48. The molecule has 3 nitrogen and oxygen atoms in total. The number of hydrogen-bond donors (Lipinski definition) is 0. The Bertz CT molecular complexity index is 499. The van der Waals surface area contributed by atoms with Crippen molar-refractivity contribution in [3.63, 3.8) is 0 Å². The molecule has 0 amide bonds. The van der Waals surface area contributed by atoms with Gasteiger partial charge in [-0.1, -0.05) is 17.7 Å². The van der Waals surface area contributed by atoms with Crippen LogP contribution in [0.25, 0.3) is 10.8 Å². The zero-order valence-electron chi connectivity index (χ0n) is 8.45. The number of hydrogen-bond acceptors (Lipinski definition) is 3. The van der Waals surface area contributed by atoms with Crippen molar-refractivity contribution in [3.05, 3.63) is 29.4 Å². The van der Waals surface area contributed by atoms with E-state index in [0.717, 1.165) is 16.5 Å². The van der Waals surface area contributed by atoms with Crippen molar-refractivity contribution in [2.24, 2.45) is 0 Å². The molecule has 0 unspecified atom stereocenters. The van der Waals surface area contributed by atoms with Gasteiger partial charge in [0, 0.05) is 10.8 Å². The number of ether oxygens (including phenoxy) is 2. The Balaban J connectivity index is 2.86. The highest BCUT2D eigenvalue weighted by Gasteiger charge is 2.10. The van der Waals surface area contributed by atoms with Gasteiger partial charge in [-0.05, 0) is 12.1 Å². The van der Waals surface area contributed by atoms with Crippen LogP contribution >= 0.6 is 11.6 Å². The predicted molar refractivity (Wildman–Crippen MR) is 59.9 cm³/mol. The molecule has 0 fully saturated rings. The van der Waals surface area contributed by atoms with Crippen molar-refractivity contribution >= 4 is 22.4 Å². The SMILES string of the molecule is COc1ncc(Cl)c2c(OC)cccc12. The summed E-state index contributed by atoms with van der Waals surface area (Å²) < 4.78 is 10.4. The fourth-order valence-electron chi connectivity index (χ4n) is 1.54. The van der Waals surface area contributed by atoms with Crippen LogP contribution in [-0.4, -0.2) is 19.2 Å². The fourth-order valence-corrected chi connectivity index (χ4v) is 1.78. The molecule has 0 radical (unpaired) electrons. The molecule has 1 aromatic carbocycles. The zero-order chi connectivity index (χ0) is 10.8. The van der Waals surface area contributed by atoms with Gasteiger partial charge in [-0.2, -0.15) is 0 Å². The summed E-state index contributed by atoms with van der Waals surface area (Å²) in [6, 6.07) is 5.63. The van der Waals surface area contributed by atoms with Gasteiger partial charge in [0.25, 0.3) is 0 Å². The highest BCUT2D eigenvalue weighted by molar-refractivity contribution is 6.36. The molecule has 0 bridgehead atoms. The number of rotatable bonds is 2. The summed E-state index contributed by atoms with van der Waals surface area (Å²) in [5.74, 6) is 1.27. The monoisotopic (exact) mass is 223 g/mol. The molecule has 1 aromatic heterocycles. The summed E-state index contributed by atoms with van der Waals surface area (Å²) in [5.41, 5.74) is 0. The molecule has 0 aliphatic heterocycles. The highest BCUT2D eigenvalue weighted by Crippen LogP contribution is 2.35. The quantitative estimate of drug-likeness (QED) is 0.785. The average molecular weight is 224 g/mol. The van der Waals surface area contributed by atoms with Crippen LogP contribution in [0.3, 0.4) is 0 Å². The largest absolute Gasteiger partial charge is 0.496 e. The lowest BCUT2D eigenvalue weighted by atomic mass is 10.1. The number of benzene rings is 1. The van der Waals surface area contributed by atoms with Gasteiger partial charge in [0.15, 0.2) is 0 Å². The van der Waals surface area contributed by atoms with E-state index in [1.54, 1.807) is 20.4 Å². The van der Waals surface area contributed by atoms with E-state index in [-0.39, 0.29) is 0 Å². The van der Waals surface area contributed by atoms with E-state index < -0.39 is 0 Å². The first kappa shape index (κ1) is 10.1. The van der Waals surface area contributed by atoms with E-state index in [9.17, 15) is 0 Å². The van der Waals surface area contributed by atoms with Crippen LogP contribution in [0.2, 0.25) is 5.02 Å². The summed E-state index contributed by atoms with van der Waals surface area (Å²) in [7, 11) is 3.19. The minimum Gasteiger partial charge on any atom is -0.496 e. The lowest BCUT2D eigenvalue weighted by molar-refractivity contribution is 0.402. The molecular formula is C11H10ClNO2. The summed E-state index contributed by atoms with van der Waals surface area (Å²) in [6.45, 7) is 0. The van der Waals surface area contributed by atoms with Crippen LogP contribution in [0.5, 0.6) is 11.6 Å². The average Bonchev–Trinajstić information content (AvgIpc) is 2.29. The topological polar surface area (TPSA) is 31.4 Å². The number of halogens is 1. The summed E-state index contributed by atoms with van der Waals surface area (Å²) in [5, 5.41) is 2.24. The van der Waals surface area contributed by atoms with Crippen molar-refractivity contribution in [1.82, 2.24) is 4.98 Å². The van der Waals surface area contributed by atoms with E-state index in [4.69, 9.17) is 21.1 Å². The third-order valence-electron chi connectivity index (χ3n) is 2.20. The Morgan fingerprint density at radius 3 is 2.67 bits per heavy atom. The van der Waals surface area contributed by atoms with E-state index in [1.165, 1.54) is 0 Å². The Morgan fingerprint density at radius 2 is 2.00 bits per heavy atom. The maximum atomic E-state index is 6.07.